The summed E-state index contributed by atoms with van der Waals surface area (Å²) in [7, 11) is 0. The van der Waals surface area contributed by atoms with Gasteiger partial charge in [0.2, 0.25) is 35.4 Å². The van der Waals surface area contributed by atoms with Crippen LogP contribution in [0.2, 0.25) is 0 Å². The van der Waals surface area contributed by atoms with E-state index in [9.17, 15) is 33.6 Å². The largest absolute Gasteiger partial charge is 0.459 e. The molecular weight excluding hydrogens is 1620 g/mol. The lowest BCUT2D eigenvalue weighted by molar-refractivity contribution is -0.186. The molecule has 0 saturated carbocycles. The number of nitrogens with one attached hydrogen (secondary N) is 5. The molecule has 706 valence electrons. The van der Waals surface area contributed by atoms with E-state index >= 15 is 24.0 Å². The number of nitrogens with zero attached hydrogens (tertiary/aromatic N) is 7. The van der Waals surface area contributed by atoms with Gasteiger partial charge >= 0.3 is 36.2 Å². The number of ether oxygens (including phenoxy) is 6. The van der Waals surface area contributed by atoms with Crippen molar-refractivity contribution in [3.63, 3.8) is 0 Å². The average molecular weight is 1770 g/mol. The van der Waals surface area contributed by atoms with Crippen molar-refractivity contribution in [2.24, 2.45) is 34.4 Å². The number of hydrogen-bond acceptors (Lipinski definition) is 27. The molecule has 3 aromatic rings. The van der Waals surface area contributed by atoms with Gasteiger partial charge in [-0.25, -0.2) is 24.4 Å². The van der Waals surface area contributed by atoms with E-state index in [1.807, 2.05) is 66.7 Å². The van der Waals surface area contributed by atoms with Crippen molar-refractivity contribution in [1.82, 2.24) is 61.1 Å². The number of carbonyl (C=O) groups is 12. The van der Waals surface area contributed by atoms with E-state index in [0.717, 1.165) is 11.1 Å². The van der Waals surface area contributed by atoms with Gasteiger partial charge < -0.3 is 104 Å². The smallest absolute Gasteiger partial charge is 0.413 e. The summed E-state index contributed by atoms with van der Waals surface area (Å²) in [6, 6.07) is 19.7. The normalized spacial score (nSPS) is 16.7. The lowest BCUT2D eigenvalue weighted by Crippen LogP contribution is -2.60. The molecule has 2 fully saturated rings. The number of unbranched alkanes of at least 4 members (excludes halogenated alkanes) is 2. The number of rotatable bonds is 50. The summed E-state index contributed by atoms with van der Waals surface area (Å²) in [5.41, 5.74) is 34.0. The van der Waals surface area contributed by atoms with Crippen LogP contribution in [0.1, 0.15) is 207 Å². The van der Waals surface area contributed by atoms with Crippen molar-refractivity contribution in [3.05, 3.63) is 108 Å². The minimum Gasteiger partial charge on any atom is -0.459 e. The highest BCUT2D eigenvalue weighted by molar-refractivity contribution is 5.90. The Morgan fingerprint density at radius 2 is 0.865 bits per heavy atom. The summed E-state index contributed by atoms with van der Waals surface area (Å²) in [6.07, 6.45) is 0.887. The third-order valence-corrected chi connectivity index (χ3v) is 21.3. The third-order valence-electron chi connectivity index (χ3n) is 21.3. The van der Waals surface area contributed by atoms with Crippen LogP contribution in [-0.4, -0.2) is 284 Å². The van der Waals surface area contributed by atoms with Gasteiger partial charge in [0.1, 0.15) is 67.3 Å². The topological polar surface area (TPSA) is 499 Å². The molecule has 2 heterocycles. The van der Waals surface area contributed by atoms with Crippen LogP contribution in [0.4, 0.5) is 14.4 Å². The van der Waals surface area contributed by atoms with Crippen LogP contribution in [0.25, 0.3) is 0 Å². The van der Waals surface area contributed by atoms with Crippen LogP contribution < -0.4 is 61.0 Å². The minimum atomic E-state index is -1.75. The van der Waals surface area contributed by atoms with Gasteiger partial charge in [0.05, 0.1) is 0 Å². The summed E-state index contributed by atoms with van der Waals surface area (Å²) >= 11 is 0. The Morgan fingerprint density at radius 3 is 1.25 bits per heavy atom. The molecule has 2 saturated heterocycles. The fourth-order valence-electron chi connectivity index (χ4n) is 14.7. The Hall–Kier alpha value is -9.66. The molecule has 5 rings (SSSR count). The van der Waals surface area contributed by atoms with Gasteiger partial charge in [-0.2, -0.15) is 0 Å². The van der Waals surface area contributed by atoms with Crippen LogP contribution in [0.3, 0.4) is 0 Å². The van der Waals surface area contributed by atoms with Gasteiger partial charge in [-0.1, -0.05) is 91.0 Å². The molecule has 2 aliphatic rings. The number of benzene rings is 3. The second kappa shape index (κ2) is 57.9. The molecule has 0 aliphatic carbocycles. The van der Waals surface area contributed by atoms with E-state index in [1.165, 1.54) is 4.90 Å². The van der Waals surface area contributed by atoms with Crippen molar-refractivity contribution in [2.75, 3.05) is 124 Å². The maximum atomic E-state index is 15.8. The fraction of sp³-hybridized carbons (Fsp3) is 0.667. The van der Waals surface area contributed by atoms with Crippen LogP contribution in [0.5, 0.6) is 0 Å². The highest BCUT2D eigenvalue weighted by Crippen LogP contribution is 2.29. The lowest BCUT2D eigenvalue weighted by Gasteiger charge is -2.42. The van der Waals surface area contributed by atoms with Gasteiger partial charge in [-0.15, -0.1) is 0 Å². The highest BCUT2D eigenvalue weighted by Gasteiger charge is 2.46. The van der Waals surface area contributed by atoms with Gasteiger partial charge in [0.15, 0.2) is 5.72 Å². The molecule has 6 unspecified atom stereocenters. The number of nitrogens with two attached hydrogens (primary N) is 6. The summed E-state index contributed by atoms with van der Waals surface area (Å²) in [6.45, 7) is 15.8. The zero-order valence-electron chi connectivity index (χ0n) is 76.0. The maximum Gasteiger partial charge on any atom is 0.413 e. The summed E-state index contributed by atoms with van der Waals surface area (Å²) < 4.78 is 35.9. The second-order valence-electron chi connectivity index (χ2n) is 34.3. The standard InChI is InChI=1S/C90H148N18O18/c1-88(2,3)124-83(116)74(40-43-77(110)99-70(79(112)103(53-24-45-91)54-25-46-92)36-18-21-51-97-85(118)121-64-67-30-12-9-13-31-67)107-62-60-102(73-39-42-76(109)101-72(81(114)105(57-28-49-95)58-29-50-96)38-20-23-59-106(90(7,8)126-82(73)115)87(120)123-66-69-34-16-11-17-35-69)61-63-108(107)75(84(117)125-89(4,5)6)41-44-78(111)100-71(80(113)104(55-26-47-93)56-27-48-94)37-19-22-52-98-86(119)122-65-68-32-14-10-15-33-68/h9-17,30-35,70-75H,18-29,36-66,91-96H2,1-8H3,(H,97,118)(H,98,119)(H,99,110)(H,100,111)(H,101,109). The van der Waals surface area contributed by atoms with E-state index in [2.05, 4.69) is 26.6 Å². The Morgan fingerprint density at radius 1 is 0.484 bits per heavy atom. The van der Waals surface area contributed by atoms with Gasteiger partial charge in [0, 0.05) is 104 Å². The molecular formula is C90H148N18O18. The first-order valence-corrected chi connectivity index (χ1v) is 45.0. The van der Waals surface area contributed by atoms with E-state index in [4.69, 9.17) is 62.8 Å². The summed E-state index contributed by atoms with van der Waals surface area (Å²) in [5, 5.41) is 17.6. The van der Waals surface area contributed by atoms with E-state index < -0.39 is 132 Å². The van der Waals surface area contributed by atoms with Crippen LogP contribution in [0.15, 0.2) is 91.0 Å². The van der Waals surface area contributed by atoms with Gasteiger partial charge in [0.25, 0.3) is 0 Å². The SMILES string of the molecule is CC(C)(C)OC(=O)C(CCC(=O)NC(CCCCNC(=O)OCc1ccccc1)C(=O)N(CCCN)CCCN)N1CCN(C2CCC(=O)NC(C(=O)N(CCCN)CCCN)CCCCN(C(=O)OCc3ccccc3)C(C)(C)OC2=O)CCN1C(CCC(=O)NC(CCCCNC(=O)OCc1ccccc1)C(=O)N(CCCN)CCCN)C(=O)OC(C)(C)C. The monoisotopic (exact) mass is 1770 g/mol. The Balaban J connectivity index is 1.65. The molecule has 0 radical (unpaired) electrons. The Labute approximate surface area is 745 Å². The van der Waals surface area contributed by atoms with E-state index in [0.29, 0.717) is 102 Å². The summed E-state index contributed by atoms with van der Waals surface area (Å²) in [5.74, 6) is -5.64. The van der Waals surface area contributed by atoms with Gasteiger partial charge in [-0.05, 0) is 227 Å². The first-order valence-electron chi connectivity index (χ1n) is 45.0. The number of cyclic esters (lactones) is 1. The first kappa shape index (κ1) is 107. The van der Waals surface area contributed by atoms with Crippen molar-refractivity contribution >= 4 is 71.6 Å². The number of amides is 9. The molecule has 126 heavy (non-hydrogen) atoms. The zero-order chi connectivity index (χ0) is 92.5. The van der Waals surface area contributed by atoms with Crippen molar-refractivity contribution < 1.29 is 86.0 Å². The molecule has 2 aliphatic heterocycles. The average Bonchev–Trinajstić information content (AvgIpc) is 1.59. The molecule has 6 atom stereocenters. The zero-order valence-corrected chi connectivity index (χ0v) is 76.0. The fourth-order valence-corrected chi connectivity index (χ4v) is 14.7. The Kier molecular flexibility index (Phi) is 49.1. The molecule has 0 bridgehead atoms. The maximum absolute atomic E-state index is 15.8. The molecule has 17 N–H and O–H groups in total. The molecule has 9 amide bonds. The first-order chi connectivity index (χ1) is 60.2. The molecule has 36 nitrogen and oxygen atoms in total. The number of alkyl carbamates (subject to hydrolysis) is 2. The number of esters is 3. The molecule has 36 heteroatoms. The van der Waals surface area contributed by atoms with Crippen LogP contribution in [-0.2, 0) is 91.4 Å². The molecule has 0 aromatic heterocycles. The lowest BCUT2D eigenvalue weighted by atomic mass is 10.0. The van der Waals surface area contributed by atoms with E-state index in [-0.39, 0.29) is 175 Å². The van der Waals surface area contributed by atoms with E-state index in [1.54, 1.807) is 109 Å². The number of hydrazine groups is 1. The van der Waals surface area contributed by atoms with Crippen molar-refractivity contribution in [3.8, 4) is 0 Å². The predicted molar refractivity (Wildman–Crippen MR) is 478 cm³/mol. The highest BCUT2D eigenvalue weighted by atomic mass is 16.6. The van der Waals surface area contributed by atoms with Crippen molar-refractivity contribution in [2.45, 2.75) is 263 Å². The molecule has 3 aromatic carbocycles. The molecule has 0 spiro atoms. The third kappa shape index (κ3) is 40.5. The Bertz CT molecular complexity index is 3580. The van der Waals surface area contributed by atoms with Crippen molar-refractivity contribution in [1.29, 1.82) is 0 Å². The second-order valence-corrected chi connectivity index (χ2v) is 34.3. The number of hydrogen-bond donors (Lipinski definition) is 11. The number of carbonyl (C=O) groups excluding carboxylic acids is 12. The quantitative estimate of drug-likeness (QED) is 0.0194. The van der Waals surface area contributed by atoms with Gasteiger partial charge in [-0.3, -0.25) is 53.0 Å². The summed E-state index contributed by atoms with van der Waals surface area (Å²) in [4.78, 5) is 184. The predicted octanol–water partition coefficient (Wildman–Crippen LogP) is 5.28. The van der Waals surface area contributed by atoms with Crippen LogP contribution >= 0.6 is 0 Å². The van der Waals surface area contributed by atoms with Crippen LogP contribution in [0, 0.1) is 0 Å². The minimum absolute atomic E-state index is 0.0299.